The third kappa shape index (κ3) is 6.44. The predicted octanol–water partition coefficient (Wildman–Crippen LogP) is 17.0. The first-order valence-electron chi connectivity index (χ1n) is 20.5. The van der Waals surface area contributed by atoms with Crippen LogP contribution < -0.4 is 4.90 Å². The van der Waals surface area contributed by atoms with E-state index in [0.717, 1.165) is 17.1 Å². The molecule has 60 heavy (non-hydrogen) atoms. The van der Waals surface area contributed by atoms with E-state index in [1.54, 1.807) is 0 Å². The Morgan fingerprint density at radius 1 is 0.267 bits per heavy atom. The molecule has 0 unspecified atom stereocenters. The van der Waals surface area contributed by atoms with Gasteiger partial charge in [0.2, 0.25) is 0 Å². The highest BCUT2D eigenvalue weighted by molar-refractivity contribution is 7.25. The van der Waals surface area contributed by atoms with E-state index in [4.69, 9.17) is 0 Å². The average Bonchev–Trinajstić information content (AvgIpc) is 3.72. The molecule has 0 N–H and O–H groups in total. The van der Waals surface area contributed by atoms with Gasteiger partial charge in [0, 0.05) is 37.1 Å². The number of rotatable bonds is 8. The average molecular weight is 782 g/mol. The molecule has 0 radical (unpaired) electrons. The van der Waals surface area contributed by atoms with Crippen LogP contribution in [0.1, 0.15) is 0 Å². The molecule has 0 fully saturated rings. The second-order valence-corrected chi connectivity index (χ2v) is 16.3. The first-order valence-corrected chi connectivity index (χ1v) is 21.3. The molecule has 0 aliphatic heterocycles. The molecular weight excluding hydrogens is 743 g/mol. The standard InChI is InChI=1S/C58H39NS/c1-3-14-40(15-4-1)41-28-30-42(31-29-41)43-32-36-47(37-33-43)59(48-38-34-45(35-39-48)50-23-13-27-56-58(50)53-21-8-10-26-55(53)60-56)54-25-9-7-20-51(54)52-24-12-19-46-18-11-22-49(57(46)52)44-16-5-2-6-17-44/h1-39H. The molecule has 10 aromatic carbocycles. The second kappa shape index (κ2) is 15.3. The molecule has 11 rings (SSSR count). The fraction of sp³-hybridized carbons (Fsp3) is 0. The molecule has 0 atom stereocenters. The van der Waals surface area contributed by atoms with Crippen LogP contribution in [-0.2, 0) is 0 Å². The molecule has 282 valence electrons. The van der Waals surface area contributed by atoms with Crippen molar-refractivity contribution in [1.82, 2.24) is 0 Å². The van der Waals surface area contributed by atoms with Crippen LogP contribution in [0.15, 0.2) is 237 Å². The smallest absolute Gasteiger partial charge is 0.0540 e. The lowest BCUT2D eigenvalue weighted by atomic mass is 9.90. The number of para-hydroxylation sites is 1. The minimum Gasteiger partial charge on any atom is -0.310 e. The molecule has 0 aliphatic carbocycles. The van der Waals surface area contributed by atoms with Gasteiger partial charge in [0.05, 0.1) is 5.69 Å². The van der Waals surface area contributed by atoms with Gasteiger partial charge >= 0.3 is 0 Å². The van der Waals surface area contributed by atoms with Crippen LogP contribution >= 0.6 is 11.3 Å². The summed E-state index contributed by atoms with van der Waals surface area (Å²) < 4.78 is 2.63. The summed E-state index contributed by atoms with van der Waals surface area (Å²) >= 11 is 1.86. The molecule has 0 saturated carbocycles. The van der Waals surface area contributed by atoms with Crippen LogP contribution in [0.3, 0.4) is 0 Å². The Morgan fingerprint density at radius 3 is 1.37 bits per heavy atom. The Balaban J connectivity index is 1.05. The van der Waals surface area contributed by atoms with Gasteiger partial charge < -0.3 is 4.90 Å². The van der Waals surface area contributed by atoms with Crippen molar-refractivity contribution in [3.8, 4) is 55.6 Å². The molecule has 0 bridgehead atoms. The highest BCUT2D eigenvalue weighted by Crippen LogP contribution is 2.46. The van der Waals surface area contributed by atoms with E-state index in [2.05, 4.69) is 241 Å². The van der Waals surface area contributed by atoms with Crippen LogP contribution in [0.4, 0.5) is 17.1 Å². The number of thiophene rings is 1. The summed E-state index contributed by atoms with van der Waals surface area (Å²) in [5.41, 5.74) is 15.4. The first kappa shape index (κ1) is 35.6. The number of anilines is 3. The van der Waals surface area contributed by atoms with Crippen molar-refractivity contribution in [3.63, 3.8) is 0 Å². The monoisotopic (exact) mass is 781 g/mol. The van der Waals surface area contributed by atoms with Gasteiger partial charge in [-0.3, -0.25) is 0 Å². The largest absolute Gasteiger partial charge is 0.310 e. The maximum absolute atomic E-state index is 2.42. The van der Waals surface area contributed by atoms with Crippen molar-refractivity contribution in [2.75, 3.05) is 4.90 Å². The summed E-state index contributed by atoms with van der Waals surface area (Å²) in [6.07, 6.45) is 0. The Labute approximate surface area is 354 Å². The van der Waals surface area contributed by atoms with E-state index >= 15 is 0 Å². The zero-order chi connectivity index (χ0) is 39.8. The second-order valence-electron chi connectivity index (χ2n) is 15.2. The molecule has 11 aromatic rings. The van der Waals surface area contributed by atoms with Crippen molar-refractivity contribution >= 4 is 59.3 Å². The summed E-state index contributed by atoms with van der Waals surface area (Å²) in [7, 11) is 0. The molecule has 0 amide bonds. The van der Waals surface area contributed by atoms with E-state index in [1.165, 1.54) is 86.6 Å². The van der Waals surface area contributed by atoms with Gasteiger partial charge in [0.15, 0.2) is 0 Å². The Kier molecular flexibility index (Phi) is 9.11. The fourth-order valence-electron chi connectivity index (χ4n) is 8.84. The van der Waals surface area contributed by atoms with E-state index in [9.17, 15) is 0 Å². The van der Waals surface area contributed by atoms with Crippen molar-refractivity contribution in [2.24, 2.45) is 0 Å². The molecule has 0 spiro atoms. The van der Waals surface area contributed by atoms with Gasteiger partial charge in [-0.2, -0.15) is 0 Å². The molecule has 1 aromatic heterocycles. The number of nitrogens with zero attached hydrogens (tertiary/aromatic N) is 1. The van der Waals surface area contributed by atoms with Gasteiger partial charge in [-0.05, 0) is 103 Å². The predicted molar refractivity (Wildman–Crippen MR) is 259 cm³/mol. The lowest BCUT2D eigenvalue weighted by molar-refractivity contribution is 1.28. The highest BCUT2D eigenvalue weighted by Gasteiger charge is 2.20. The highest BCUT2D eigenvalue weighted by atomic mass is 32.1. The Morgan fingerprint density at radius 2 is 0.700 bits per heavy atom. The van der Waals surface area contributed by atoms with Crippen molar-refractivity contribution in [1.29, 1.82) is 0 Å². The van der Waals surface area contributed by atoms with Crippen LogP contribution in [0.2, 0.25) is 0 Å². The minimum absolute atomic E-state index is 1.09. The Bertz CT molecular complexity index is 3270. The summed E-state index contributed by atoms with van der Waals surface area (Å²) in [5.74, 6) is 0. The van der Waals surface area contributed by atoms with Crippen LogP contribution in [-0.4, -0.2) is 0 Å². The topological polar surface area (TPSA) is 3.24 Å². The van der Waals surface area contributed by atoms with Crippen molar-refractivity contribution in [2.45, 2.75) is 0 Å². The summed E-state index contributed by atoms with van der Waals surface area (Å²) in [6, 6.07) is 86.1. The van der Waals surface area contributed by atoms with Gasteiger partial charge in [-0.15, -0.1) is 11.3 Å². The maximum Gasteiger partial charge on any atom is 0.0540 e. The molecular formula is C58H39NS. The normalized spacial score (nSPS) is 11.3. The summed E-state index contributed by atoms with van der Waals surface area (Å²) in [6.45, 7) is 0. The van der Waals surface area contributed by atoms with Crippen molar-refractivity contribution in [3.05, 3.63) is 237 Å². The van der Waals surface area contributed by atoms with E-state index in [-0.39, 0.29) is 0 Å². The fourth-order valence-corrected chi connectivity index (χ4v) is 9.97. The van der Waals surface area contributed by atoms with Crippen LogP contribution in [0, 0.1) is 0 Å². The van der Waals surface area contributed by atoms with Gasteiger partial charge in [0.1, 0.15) is 0 Å². The zero-order valence-corrected chi connectivity index (χ0v) is 33.7. The SMILES string of the molecule is c1ccc(-c2ccc(-c3ccc(N(c4ccc(-c5cccc6sc7ccccc7c56)cc4)c4ccccc4-c4cccc5cccc(-c6ccccc6)c45)cc3)cc2)cc1. The van der Waals surface area contributed by atoms with E-state index < -0.39 is 0 Å². The third-order valence-corrected chi connectivity index (χ3v) is 12.9. The first-order chi connectivity index (χ1) is 29.8. The number of hydrogen-bond acceptors (Lipinski definition) is 2. The third-order valence-electron chi connectivity index (χ3n) is 11.7. The van der Waals surface area contributed by atoms with Gasteiger partial charge in [-0.25, -0.2) is 0 Å². The van der Waals surface area contributed by atoms with E-state index in [1.807, 2.05) is 11.3 Å². The molecule has 0 aliphatic rings. The Hall–Kier alpha value is -7.52. The maximum atomic E-state index is 2.42. The van der Waals surface area contributed by atoms with E-state index in [0.29, 0.717) is 0 Å². The molecule has 0 saturated heterocycles. The molecule has 1 heterocycles. The molecule has 2 heteroatoms. The van der Waals surface area contributed by atoms with Crippen LogP contribution in [0.25, 0.3) is 86.6 Å². The number of benzene rings is 10. The number of hydrogen-bond donors (Lipinski definition) is 0. The van der Waals surface area contributed by atoms with Crippen LogP contribution in [0.5, 0.6) is 0 Å². The summed E-state index contributed by atoms with van der Waals surface area (Å²) in [5, 5.41) is 5.11. The number of fused-ring (bicyclic) bond motifs is 4. The van der Waals surface area contributed by atoms with Crippen molar-refractivity contribution < 1.29 is 0 Å². The lowest BCUT2D eigenvalue weighted by Crippen LogP contribution is -2.11. The van der Waals surface area contributed by atoms with Gasteiger partial charge in [0.25, 0.3) is 0 Å². The zero-order valence-electron chi connectivity index (χ0n) is 32.9. The minimum atomic E-state index is 1.09. The summed E-state index contributed by atoms with van der Waals surface area (Å²) in [4.78, 5) is 2.42. The quantitative estimate of drug-likeness (QED) is 0.148. The van der Waals surface area contributed by atoms with Gasteiger partial charge in [-0.1, -0.05) is 194 Å². The lowest BCUT2D eigenvalue weighted by Gasteiger charge is -2.29. The molecule has 1 nitrogen and oxygen atoms in total.